The maximum Gasteiger partial charge on any atom is 0.340 e. The van der Waals surface area contributed by atoms with E-state index in [1.165, 1.54) is 0 Å². The molecule has 0 saturated carbocycles. The summed E-state index contributed by atoms with van der Waals surface area (Å²) in [5.41, 5.74) is 2.92. The monoisotopic (exact) mass is 369 g/mol. The number of hydrogen-bond acceptors (Lipinski definition) is 5. The van der Waals surface area contributed by atoms with E-state index >= 15 is 0 Å². The Hall–Kier alpha value is -2.60. The summed E-state index contributed by atoms with van der Waals surface area (Å²) >= 11 is 0. The van der Waals surface area contributed by atoms with Crippen LogP contribution in [0.15, 0.2) is 25.8 Å². The van der Waals surface area contributed by atoms with Crippen LogP contribution in [-0.4, -0.2) is 25.2 Å². The van der Waals surface area contributed by atoms with E-state index in [1.807, 2.05) is 26.8 Å². The molecule has 1 saturated heterocycles. The Kier molecular flexibility index (Phi) is 4.52. The highest BCUT2D eigenvalue weighted by Gasteiger charge is 2.19. The lowest BCUT2D eigenvalue weighted by Gasteiger charge is -2.12. The quantitative estimate of drug-likeness (QED) is 0.714. The van der Waals surface area contributed by atoms with Gasteiger partial charge < -0.3 is 18.9 Å². The summed E-state index contributed by atoms with van der Waals surface area (Å²) in [7, 11) is 0. The van der Waals surface area contributed by atoms with Gasteiger partial charge in [-0.05, 0) is 50.8 Å². The summed E-state index contributed by atoms with van der Waals surface area (Å²) in [5.74, 6) is 0.644. The van der Waals surface area contributed by atoms with Crippen LogP contribution in [0.5, 0.6) is 0 Å². The van der Waals surface area contributed by atoms with Crippen LogP contribution in [0.4, 0.5) is 0 Å². The molecule has 1 N–H and O–H groups in total. The number of benzene rings is 1. The van der Waals surface area contributed by atoms with Gasteiger partial charge in [0, 0.05) is 30.0 Å². The summed E-state index contributed by atoms with van der Waals surface area (Å²) in [6.45, 7) is 6.99. The molecule has 1 atom stereocenters. The number of aryl methyl sites for hydroxylation is 3. The SMILES string of the molecule is Cc1oc2cc3oc(=O)c(CC(=O)NC[C@@H]4CCCO4)c(C)c3cc2c1C. The molecule has 2 aromatic heterocycles. The predicted octanol–water partition coefficient (Wildman–Crippen LogP) is 3.30. The molecule has 0 bridgehead atoms. The molecule has 0 unspecified atom stereocenters. The highest BCUT2D eigenvalue weighted by atomic mass is 16.5. The number of fused-ring (bicyclic) bond motifs is 2. The molecule has 3 aromatic rings. The van der Waals surface area contributed by atoms with Crippen LogP contribution < -0.4 is 10.9 Å². The Bertz CT molecular complexity index is 1090. The first-order chi connectivity index (χ1) is 12.9. The molecule has 0 aliphatic carbocycles. The van der Waals surface area contributed by atoms with E-state index in [0.29, 0.717) is 23.3 Å². The minimum Gasteiger partial charge on any atom is -0.461 e. The van der Waals surface area contributed by atoms with Crippen molar-refractivity contribution in [2.45, 2.75) is 46.1 Å². The number of nitrogens with one attached hydrogen (secondary N) is 1. The van der Waals surface area contributed by atoms with E-state index in [0.717, 1.165) is 47.1 Å². The van der Waals surface area contributed by atoms with Gasteiger partial charge in [0.2, 0.25) is 5.91 Å². The zero-order valence-electron chi connectivity index (χ0n) is 15.8. The largest absolute Gasteiger partial charge is 0.461 e. The molecule has 27 heavy (non-hydrogen) atoms. The lowest BCUT2D eigenvalue weighted by Crippen LogP contribution is -2.34. The number of carbonyl (C=O) groups is 1. The second-order valence-corrected chi connectivity index (χ2v) is 7.24. The summed E-state index contributed by atoms with van der Waals surface area (Å²) in [5, 5.41) is 4.68. The Morgan fingerprint density at radius 1 is 1.11 bits per heavy atom. The Balaban J connectivity index is 1.65. The summed E-state index contributed by atoms with van der Waals surface area (Å²) in [6, 6.07) is 3.73. The van der Waals surface area contributed by atoms with Crippen molar-refractivity contribution in [3.8, 4) is 0 Å². The molecule has 1 amide bonds. The molecular weight excluding hydrogens is 346 g/mol. The molecule has 1 aliphatic rings. The number of amides is 1. The number of carbonyl (C=O) groups excluding carboxylic acids is 1. The molecule has 4 rings (SSSR count). The first-order valence-corrected chi connectivity index (χ1v) is 9.28. The second-order valence-electron chi connectivity index (χ2n) is 7.24. The van der Waals surface area contributed by atoms with Gasteiger partial charge >= 0.3 is 5.63 Å². The van der Waals surface area contributed by atoms with Gasteiger partial charge in [-0.3, -0.25) is 4.79 Å². The van der Waals surface area contributed by atoms with Crippen molar-refractivity contribution < 1.29 is 18.4 Å². The zero-order valence-corrected chi connectivity index (χ0v) is 15.8. The molecule has 6 nitrogen and oxygen atoms in total. The third-order valence-corrected chi connectivity index (χ3v) is 5.47. The van der Waals surface area contributed by atoms with Crippen LogP contribution in [0.2, 0.25) is 0 Å². The van der Waals surface area contributed by atoms with Crippen molar-refractivity contribution in [1.29, 1.82) is 0 Å². The average Bonchev–Trinajstić information content (AvgIpc) is 3.24. The number of rotatable bonds is 4. The van der Waals surface area contributed by atoms with E-state index in [1.54, 1.807) is 6.07 Å². The Labute approximate surface area is 156 Å². The zero-order chi connectivity index (χ0) is 19.1. The summed E-state index contributed by atoms with van der Waals surface area (Å²) in [4.78, 5) is 24.8. The van der Waals surface area contributed by atoms with E-state index in [4.69, 9.17) is 13.6 Å². The molecule has 0 spiro atoms. The van der Waals surface area contributed by atoms with E-state index in [-0.39, 0.29) is 18.4 Å². The third kappa shape index (κ3) is 3.25. The summed E-state index contributed by atoms with van der Waals surface area (Å²) in [6.07, 6.45) is 2.05. The minimum atomic E-state index is -0.480. The van der Waals surface area contributed by atoms with Crippen molar-refractivity contribution in [2.75, 3.05) is 13.2 Å². The van der Waals surface area contributed by atoms with Crippen molar-refractivity contribution in [3.63, 3.8) is 0 Å². The fraction of sp³-hybridized carbons (Fsp3) is 0.429. The van der Waals surface area contributed by atoms with Crippen LogP contribution in [0.25, 0.3) is 21.9 Å². The molecule has 1 aliphatic heterocycles. The van der Waals surface area contributed by atoms with Gasteiger partial charge in [0.15, 0.2) is 0 Å². The lowest BCUT2D eigenvalue weighted by molar-refractivity contribution is -0.121. The van der Waals surface area contributed by atoms with E-state index < -0.39 is 5.63 Å². The molecule has 142 valence electrons. The Morgan fingerprint density at radius 3 is 2.59 bits per heavy atom. The first-order valence-electron chi connectivity index (χ1n) is 9.28. The second kappa shape index (κ2) is 6.85. The van der Waals surface area contributed by atoms with E-state index in [2.05, 4.69) is 5.32 Å². The normalized spacial score (nSPS) is 17.1. The first kappa shape index (κ1) is 17.8. The van der Waals surface area contributed by atoms with Gasteiger partial charge in [0.1, 0.15) is 16.9 Å². The van der Waals surface area contributed by atoms with Gasteiger partial charge in [-0.2, -0.15) is 0 Å². The minimum absolute atomic E-state index is 0.00173. The van der Waals surface area contributed by atoms with Gasteiger partial charge in [0.05, 0.1) is 18.1 Å². The van der Waals surface area contributed by atoms with Crippen LogP contribution in [0, 0.1) is 20.8 Å². The summed E-state index contributed by atoms with van der Waals surface area (Å²) < 4.78 is 16.7. The van der Waals surface area contributed by atoms with E-state index in [9.17, 15) is 9.59 Å². The van der Waals surface area contributed by atoms with Crippen molar-refractivity contribution in [3.05, 3.63) is 45.0 Å². The fourth-order valence-electron chi connectivity index (χ4n) is 3.69. The highest BCUT2D eigenvalue weighted by molar-refractivity contribution is 5.97. The molecule has 1 aromatic carbocycles. The molecule has 6 heteroatoms. The van der Waals surface area contributed by atoms with Crippen LogP contribution >= 0.6 is 0 Å². The molecule has 1 fully saturated rings. The average molecular weight is 369 g/mol. The van der Waals surface area contributed by atoms with Crippen molar-refractivity contribution in [2.24, 2.45) is 0 Å². The lowest BCUT2D eigenvalue weighted by atomic mass is 10.0. The standard InChI is InChI=1S/C21H23NO5/c1-11-13(3)26-18-9-19-16(7-15(11)18)12(2)17(21(24)27-19)8-20(23)22-10-14-5-4-6-25-14/h7,9,14H,4-6,8,10H2,1-3H3,(H,22,23)/t14-/m0/s1. The van der Waals surface area contributed by atoms with Gasteiger partial charge in [-0.25, -0.2) is 4.79 Å². The van der Waals surface area contributed by atoms with Crippen molar-refractivity contribution >= 4 is 27.8 Å². The van der Waals surface area contributed by atoms with Crippen LogP contribution in [-0.2, 0) is 16.0 Å². The number of ether oxygens (including phenoxy) is 1. The van der Waals surface area contributed by atoms with Gasteiger partial charge in [-0.1, -0.05) is 0 Å². The smallest absolute Gasteiger partial charge is 0.340 e. The molecule has 0 radical (unpaired) electrons. The Morgan fingerprint density at radius 2 is 1.85 bits per heavy atom. The predicted molar refractivity (Wildman–Crippen MR) is 102 cm³/mol. The maximum atomic E-state index is 12.5. The topological polar surface area (TPSA) is 81.7 Å². The van der Waals surface area contributed by atoms with Crippen molar-refractivity contribution in [1.82, 2.24) is 5.32 Å². The number of hydrogen-bond donors (Lipinski definition) is 1. The van der Waals surface area contributed by atoms with Crippen LogP contribution in [0.3, 0.4) is 0 Å². The fourth-order valence-corrected chi connectivity index (χ4v) is 3.69. The number of furan rings is 1. The van der Waals surface area contributed by atoms with Crippen LogP contribution in [0.1, 0.15) is 35.3 Å². The highest BCUT2D eigenvalue weighted by Crippen LogP contribution is 2.30. The molecule has 3 heterocycles. The maximum absolute atomic E-state index is 12.5. The molecular formula is C21H23NO5. The van der Waals surface area contributed by atoms with Gasteiger partial charge in [0.25, 0.3) is 0 Å². The third-order valence-electron chi connectivity index (χ3n) is 5.47. The van der Waals surface area contributed by atoms with Gasteiger partial charge in [-0.15, -0.1) is 0 Å².